The molecule has 1 aliphatic heterocycles. The highest BCUT2D eigenvalue weighted by atomic mass is 16.7. The number of para-hydroxylation sites is 2. The minimum Gasteiger partial charge on any atom is -0.478 e. The van der Waals surface area contributed by atoms with Crippen LogP contribution in [0.5, 0.6) is 11.5 Å². The second-order valence-corrected chi connectivity index (χ2v) is 7.59. The quantitative estimate of drug-likeness (QED) is 0.375. The molecule has 0 atom stereocenters. The number of esters is 2. The summed E-state index contributed by atoms with van der Waals surface area (Å²) in [7, 11) is 0. The lowest BCUT2D eigenvalue weighted by molar-refractivity contribution is -0.197. The number of carboxylic acids is 2. The lowest BCUT2D eigenvalue weighted by Crippen LogP contribution is -2.52. The molecule has 9 nitrogen and oxygen atoms in total. The van der Waals surface area contributed by atoms with Crippen LogP contribution in [0.25, 0.3) is 0 Å². The molecule has 1 saturated heterocycles. The third-order valence-corrected chi connectivity index (χ3v) is 5.19. The predicted octanol–water partition coefficient (Wildman–Crippen LogP) is 4.05. The molecule has 0 bridgehead atoms. The fourth-order valence-electron chi connectivity index (χ4n) is 3.52. The Balaban J connectivity index is 2.11. The fourth-order valence-corrected chi connectivity index (χ4v) is 3.52. The molecule has 0 amide bonds. The van der Waals surface area contributed by atoms with E-state index >= 15 is 0 Å². The SMILES string of the molecule is O=C1CCCCCCCC(Oc2ccccc2C(=O)O)(Oc2ccccc2C(=O)O)C(=O)O1. The van der Waals surface area contributed by atoms with Gasteiger partial charge in [0.1, 0.15) is 22.6 Å². The van der Waals surface area contributed by atoms with E-state index in [4.69, 9.17) is 14.2 Å². The first-order chi connectivity index (χ1) is 15.8. The van der Waals surface area contributed by atoms with E-state index in [-0.39, 0.29) is 35.5 Å². The zero-order valence-corrected chi connectivity index (χ0v) is 17.8. The highest BCUT2D eigenvalue weighted by molar-refractivity contribution is 5.93. The van der Waals surface area contributed by atoms with E-state index in [2.05, 4.69) is 0 Å². The van der Waals surface area contributed by atoms with Crippen LogP contribution in [0.2, 0.25) is 0 Å². The summed E-state index contributed by atoms with van der Waals surface area (Å²) in [5.41, 5.74) is -0.471. The molecular weight excluding hydrogens is 432 g/mol. The first kappa shape index (κ1) is 23.8. The molecule has 2 aromatic rings. The molecule has 9 heteroatoms. The van der Waals surface area contributed by atoms with Crippen LogP contribution in [-0.2, 0) is 14.3 Å². The Bertz CT molecular complexity index is 984. The average molecular weight is 456 g/mol. The van der Waals surface area contributed by atoms with Crippen LogP contribution in [0, 0.1) is 0 Å². The molecule has 1 aliphatic rings. The molecule has 0 radical (unpaired) electrons. The molecule has 0 aliphatic carbocycles. The van der Waals surface area contributed by atoms with Gasteiger partial charge in [-0.3, -0.25) is 4.79 Å². The summed E-state index contributed by atoms with van der Waals surface area (Å²) in [6.07, 6.45) is 3.19. The lowest BCUT2D eigenvalue weighted by Gasteiger charge is -2.32. The number of benzene rings is 2. The maximum absolute atomic E-state index is 13.3. The van der Waals surface area contributed by atoms with Crippen LogP contribution in [0.1, 0.15) is 65.7 Å². The van der Waals surface area contributed by atoms with Crippen LogP contribution < -0.4 is 9.47 Å². The van der Waals surface area contributed by atoms with E-state index in [9.17, 15) is 29.4 Å². The van der Waals surface area contributed by atoms with Gasteiger partial charge in [-0.25, -0.2) is 14.4 Å². The molecule has 2 N–H and O–H groups in total. The Labute approximate surface area is 189 Å². The van der Waals surface area contributed by atoms with Crippen LogP contribution in [0.4, 0.5) is 0 Å². The molecule has 3 rings (SSSR count). The monoisotopic (exact) mass is 456 g/mol. The van der Waals surface area contributed by atoms with Crippen molar-refractivity contribution in [3.05, 3.63) is 59.7 Å². The molecule has 0 aromatic heterocycles. The highest BCUT2D eigenvalue weighted by Crippen LogP contribution is 2.33. The molecule has 0 unspecified atom stereocenters. The standard InChI is InChI=1S/C24H24O9/c25-20-14-4-2-1-3-9-15-24(23(30)31-20,32-18-12-7-5-10-16(18)21(26)27)33-19-13-8-6-11-17(19)22(28)29/h5-8,10-13H,1-4,9,14-15H2,(H,26,27)(H,28,29). The Morgan fingerprint density at radius 2 is 1.24 bits per heavy atom. The zero-order chi connectivity index (χ0) is 23.8. The van der Waals surface area contributed by atoms with Crippen molar-refractivity contribution >= 4 is 23.9 Å². The molecule has 174 valence electrons. The van der Waals surface area contributed by atoms with Crippen molar-refractivity contribution < 1.29 is 43.6 Å². The number of rotatable bonds is 6. The number of carboxylic acid groups (broad SMARTS) is 2. The number of hydrogen-bond acceptors (Lipinski definition) is 7. The van der Waals surface area contributed by atoms with Gasteiger partial charge in [-0.2, -0.15) is 0 Å². The Morgan fingerprint density at radius 1 is 0.758 bits per heavy atom. The summed E-state index contributed by atoms with van der Waals surface area (Å²) >= 11 is 0. The van der Waals surface area contributed by atoms with Crippen molar-refractivity contribution in [2.75, 3.05) is 0 Å². The van der Waals surface area contributed by atoms with Crippen LogP contribution >= 0.6 is 0 Å². The van der Waals surface area contributed by atoms with Crippen LogP contribution in [0.3, 0.4) is 0 Å². The van der Waals surface area contributed by atoms with Crippen molar-refractivity contribution in [1.29, 1.82) is 0 Å². The first-order valence-corrected chi connectivity index (χ1v) is 10.6. The van der Waals surface area contributed by atoms with Gasteiger partial charge < -0.3 is 24.4 Å². The smallest absolute Gasteiger partial charge is 0.400 e. The topological polar surface area (TPSA) is 136 Å². The van der Waals surface area contributed by atoms with E-state index in [0.717, 1.165) is 12.8 Å². The van der Waals surface area contributed by atoms with Crippen molar-refractivity contribution in [2.45, 2.75) is 50.7 Å². The maximum Gasteiger partial charge on any atom is 0.400 e. The summed E-state index contributed by atoms with van der Waals surface area (Å²) in [6, 6.07) is 11.3. The molecule has 1 fully saturated rings. The van der Waals surface area contributed by atoms with Gasteiger partial charge >= 0.3 is 29.7 Å². The van der Waals surface area contributed by atoms with E-state index in [1.165, 1.54) is 48.5 Å². The number of cyclic esters (lactones) is 2. The minimum atomic E-state index is -2.28. The van der Waals surface area contributed by atoms with Gasteiger partial charge in [-0.15, -0.1) is 0 Å². The first-order valence-electron chi connectivity index (χ1n) is 10.6. The van der Waals surface area contributed by atoms with Gasteiger partial charge in [0.05, 0.1) is 0 Å². The van der Waals surface area contributed by atoms with Crippen LogP contribution in [-0.4, -0.2) is 39.9 Å². The van der Waals surface area contributed by atoms with Crippen molar-refractivity contribution in [2.24, 2.45) is 0 Å². The van der Waals surface area contributed by atoms with Gasteiger partial charge in [0.2, 0.25) is 0 Å². The van der Waals surface area contributed by atoms with E-state index in [0.29, 0.717) is 19.3 Å². The molecule has 2 aromatic carbocycles. The summed E-state index contributed by atoms with van der Waals surface area (Å²) in [5.74, 6) is -7.18. The number of hydrogen-bond donors (Lipinski definition) is 2. The van der Waals surface area contributed by atoms with Crippen LogP contribution in [0.15, 0.2) is 48.5 Å². The number of carbonyl (C=O) groups excluding carboxylic acids is 2. The zero-order valence-electron chi connectivity index (χ0n) is 17.8. The van der Waals surface area contributed by atoms with E-state index in [1.54, 1.807) is 0 Å². The summed E-state index contributed by atoms with van der Waals surface area (Å²) < 4.78 is 16.8. The lowest BCUT2D eigenvalue weighted by atomic mass is 10.0. The van der Waals surface area contributed by atoms with E-state index in [1.807, 2.05) is 0 Å². The Kier molecular flexibility index (Phi) is 7.66. The summed E-state index contributed by atoms with van der Waals surface area (Å²) in [5, 5.41) is 19.1. The largest absolute Gasteiger partial charge is 0.478 e. The van der Waals surface area contributed by atoms with Gasteiger partial charge in [-0.05, 0) is 37.1 Å². The van der Waals surface area contributed by atoms with Gasteiger partial charge in [-0.1, -0.05) is 43.5 Å². The fraction of sp³-hybridized carbons (Fsp3) is 0.333. The Hall–Kier alpha value is -3.88. The van der Waals surface area contributed by atoms with Gasteiger partial charge in [0.15, 0.2) is 0 Å². The molecule has 0 spiro atoms. The number of ether oxygens (including phenoxy) is 3. The minimum absolute atomic E-state index is 0.0270. The van der Waals surface area contributed by atoms with E-state index < -0.39 is 29.7 Å². The number of carbonyl (C=O) groups is 4. The molecule has 33 heavy (non-hydrogen) atoms. The molecule has 1 heterocycles. The third kappa shape index (κ3) is 5.88. The van der Waals surface area contributed by atoms with Gasteiger partial charge in [0, 0.05) is 12.8 Å². The third-order valence-electron chi connectivity index (χ3n) is 5.19. The second-order valence-electron chi connectivity index (χ2n) is 7.59. The van der Waals surface area contributed by atoms with Crippen molar-refractivity contribution in [1.82, 2.24) is 0 Å². The van der Waals surface area contributed by atoms with Crippen molar-refractivity contribution in [3.63, 3.8) is 0 Å². The maximum atomic E-state index is 13.3. The normalized spacial score (nSPS) is 16.7. The molecule has 0 saturated carbocycles. The molecular formula is C24H24O9. The second kappa shape index (κ2) is 10.6. The Morgan fingerprint density at radius 3 is 1.79 bits per heavy atom. The highest BCUT2D eigenvalue weighted by Gasteiger charge is 2.48. The average Bonchev–Trinajstić information content (AvgIpc) is 2.80. The summed E-state index contributed by atoms with van der Waals surface area (Å²) in [4.78, 5) is 48.9. The van der Waals surface area contributed by atoms with Crippen molar-refractivity contribution in [3.8, 4) is 11.5 Å². The van der Waals surface area contributed by atoms with Gasteiger partial charge in [0.25, 0.3) is 0 Å². The predicted molar refractivity (Wildman–Crippen MR) is 114 cm³/mol. The number of aromatic carboxylic acids is 2. The summed E-state index contributed by atoms with van der Waals surface area (Å²) in [6.45, 7) is 0.